The van der Waals surface area contributed by atoms with Crippen LogP contribution in [-0.4, -0.2) is 118 Å². The summed E-state index contributed by atoms with van der Waals surface area (Å²) in [6.45, 7) is -0.400. The molecule has 15 nitrogen and oxygen atoms in total. The summed E-state index contributed by atoms with van der Waals surface area (Å²) in [5.74, 6) is -0.245. The third-order valence-electron chi connectivity index (χ3n) is 13.2. The molecule has 10 atom stereocenters. The summed E-state index contributed by atoms with van der Waals surface area (Å²) < 4.78 is 95.6. The molecule has 0 spiro atoms. The lowest BCUT2D eigenvalue weighted by atomic mass is 9.95. The molecule has 0 aromatic heterocycles. The van der Waals surface area contributed by atoms with Crippen LogP contribution in [-0.2, 0) is 95.0 Å². The Morgan fingerprint density at radius 1 is 0.554 bits per heavy atom. The monoisotopic (exact) mass is 1040 g/mol. The van der Waals surface area contributed by atoms with E-state index in [0.29, 0.717) is 31.2 Å². The fourth-order valence-corrected chi connectivity index (χ4v) is 10.5. The molecule has 5 aromatic carbocycles. The van der Waals surface area contributed by atoms with Gasteiger partial charge in [0.2, 0.25) is 6.29 Å². The van der Waals surface area contributed by atoms with Crippen molar-refractivity contribution < 1.29 is 70.8 Å². The number of benzene rings is 5. The molecular weight excluding hydrogens is 969 g/mol. The number of rotatable bonds is 30. The van der Waals surface area contributed by atoms with Crippen molar-refractivity contribution in [2.75, 3.05) is 33.2 Å². The van der Waals surface area contributed by atoms with Gasteiger partial charge in [0.05, 0.1) is 53.4 Å². The maximum absolute atomic E-state index is 15.1. The number of hydrogen-bond acceptors (Lipinski definition) is 15. The largest absolute Gasteiger partial charge is 0.469 e. The molecule has 16 heteroatoms. The second kappa shape index (κ2) is 29.4. The van der Waals surface area contributed by atoms with Crippen LogP contribution in [0.5, 0.6) is 0 Å². The molecule has 74 heavy (non-hydrogen) atoms. The Morgan fingerprint density at radius 2 is 1.00 bits per heavy atom. The predicted octanol–water partition coefficient (Wildman–Crippen LogP) is 8.03. The van der Waals surface area contributed by atoms with E-state index in [4.69, 9.17) is 47.4 Å². The quantitative estimate of drug-likeness (QED) is 0.0333. The van der Waals surface area contributed by atoms with Gasteiger partial charge in [-0.3, -0.25) is 4.79 Å². The molecule has 0 unspecified atom stereocenters. The number of ether oxygens (including phenoxy) is 10. The van der Waals surface area contributed by atoms with Crippen LogP contribution in [0.1, 0.15) is 72.8 Å². The molecule has 0 amide bonds. The normalized spacial score (nSPS) is 25.1. The number of hydrogen-bond donors (Lipinski definition) is 2. The highest BCUT2D eigenvalue weighted by molar-refractivity contribution is 7.92. The summed E-state index contributed by atoms with van der Waals surface area (Å²) in [6.07, 6.45) is -6.56. The van der Waals surface area contributed by atoms with E-state index < -0.39 is 76.7 Å². The maximum atomic E-state index is 15.1. The van der Waals surface area contributed by atoms with Crippen LogP contribution >= 0.6 is 0 Å². The Bertz CT molecular complexity index is 2460. The first-order chi connectivity index (χ1) is 36.1. The second-order valence-electron chi connectivity index (χ2n) is 18.7. The molecule has 400 valence electrons. The van der Waals surface area contributed by atoms with Gasteiger partial charge >= 0.3 is 5.97 Å². The van der Waals surface area contributed by atoms with Gasteiger partial charge in [-0.15, -0.1) is 0 Å². The van der Waals surface area contributed by atoms with Gasteiger partial charge in [-0.25, -0.2) is 8.42 Å². The minimum atomic E-state index is -4.63. The van der Waals surface area contributed by atoms with Crippen LogP contribution < -0.4 is 0 Å². The zero-order chi connectivity index (χ0) is 52.0. The number of aliphatic hydroxyl groups excluding tert-OH is 2. The van der Waals surface area contributed by atoms with E-state index in [1.807, 2.05) is 152 Å². The van der Waals surface area contributed by atoms with Gasteiger partial charge in [0.1, 0.15) is 42.7 Å². The summed E-state index contributed by atoms with van der Waals surface area (Å²) in [4.78, 5) is 8.95. The van der Waals surface area contributed by atoms with Gasteiger partial charge in [0.15, 0.2) is 16.1 Å². The number of methoxy groups -OCH3 is 1. The number of sulfone groups is 1. The van der Waals surface area contributed by atoms with E-state index in [-0.39, 0.29) is 52.2 Å². The second-order valence-corrected chi connectivity index (χ2v) is 20.8. The molecule has 2 aliphatic rings. The summed E-state index contributed by atoms with van der Waals surface area (Å²) in [7, 11) is -3.25. The minimum absolute atomic E-state index is 0.0146. The van der Waals surface area contributed by atoms with Gasteiger partial charge in [-0.05, 0) is 40.7 Å². The Labute approximate surface area is 435 Å². The molecule has 0 saturated carbocycles. The first-order valence-electron chi connectivity index (χ1n) is 25.5. The van der Waals surface area contributed by atoms with Gasteiger partial charge in [0, 0.05) is 19.3 Å². The maximum Gasteiger partial charge on any atom is 0.305 e. The van der Waals surface area contributed by atoms with Crippen molar-refractivity contribution in [1.29, 1.82) is 0 Å². The zero-order valence-corrected chi connectivity index (χ0v) is 43.2. The lowest BCUT2D eigenvalue weighted by Crippen LogP contribution is -2.74. The van der Waals surface area contributed by atoms with Gasteiger partial charge in [-0.1, -0.05) is 177 Å². The SMILES string of the molecule is COC(=O)CCCCCCCCO[C@H]1O[C@H](CO)[C@@H](O)[C@H](OCc2ccccc2)[C@]1(O[C@@H]1O[C@H](COCc2ccccc2)[C@@H](OCc2ccccc2)[C@H](OCc2ccccc2)[C@H]1OCc1ccccc1)S(C)(=O)=O. The van der Waals surface area contributed by atoms with Crippen LogP contribution in [0.25, 0.3) is 0 Å². The van der Waals surface area contributed by atoms with Gasteiger partial charge < -0.3 is 57.6 Å². The Balaban J connectivity index is 1.29. The Hall–Kier alpha value is -4.92. The van der Waals surface area contributed by atoms with Crippen LogP contribution in [0.15, 0.2) is 152 Å². The highest BCUT2D eigenvalue weighted by Gasteiger charge is 2.67. The van der Waals surface area contributed by atoms with Crippen molar-refractivity contribution in [3.63, 3.8) is 0 Å². The van der Waals surface area contributed by atoms with E-state index in [9.17, 15) is 15.0 Å². The van der Waals surface area contributed by atoms with E-state index in [1.54, 1.807) is 0 Å². The summed E-state index contributed by atoms with van der Waals surface area (Å²) in [6, 6.07) is 47.5. The van der Waals surface area contributed by atoms with Crippen molar-refractivity contribution in [2.24, 2.45) is 0 Å². The van der Waals surface area contributed by atoms with E-state index in [1.165, 1.54) is 7.11 Å². The smallest absolute Gasteiger partial charge is 0.305 e. The number of unbranched alkanes of at least 4 members (excludes halogenated alkanes) is 5. The number of carbonyl (C=O) groups is 1. The van der Waals surface area contributed by atoms with Gasteiger partial charge in [-0.2, -0.15) is 0 Å². The van der Waals surface area contributed by atoms with Crippen LogP contribution in [0.3, 0.4) is 0 Å². The van der Waals surface area contributed by atoms with E-state index >= 15 is 8.42 Å². The molecule has 0 bridgehead atoms. The average molecular weight is 1040 g/mol. The van der Waals surface area contributed by atoms with Crippen molar-refractivity contribution >= 4 is 15.8 Å². The van der Waals surface area contributed by atoms with Crippen molar-refractivity contribution in [1.82, 2.24) is 0 Å². The lowest BCUT2D eigenvalue weighted by Gasteiger charge is -2.53. The van der Waals surface area contributed by atoms with Crippen molar-refractivity contribution in [3.8, 4) is 0 Å². The van der Waals surface area contributed by atoms with Crippen LogP contribution in [0.4, 0.5) is 0 Å². The molecule has 2 N–H and O–H groups in total. The molecule has 5 aromatic rings. The fourth-order valence-electron chi connectivity index (χ4n) is 9.17. The molecule has 0 radical (unpaired) electrons. The van der Waals surface area contributed by atoms with E-state index in [2.05, 4.69) is 0 Å². The third-order valence-corrected chi connectivity index (χ3v) is 14.8. The fraction of sp³-hybridized carbons (Fsp3) is 0.466. The summed E-state index contributed by atoms with van der Waals surface area (Å²) in [5, 5.41) is 22.9. The molecule has 0 aliphatic carbocycles. The highest BCUT2D eigenvalue weighted by Crippen LogP contribution is 2.44. The molecule has 2 heterocycles. The minimum Gasteiger partial charge on any atom is -0.469 e. The third kappa shape index (κ3) is 16.1. The number of carbonyl (C=O) groups excluding carboxylic acids is 1. The van der Waals surface area contributed by atoms with Crippen molar-refractivity contribution in [2.45, 2.75) is 138 Å². The van der Waals surface area contributed by atoms with Crippen LogP contribution in [0, 0.1) is 0 Å². The molecule has 2 saturated heterocycles. The number of esters is 1. The molecule has 7 rings (SSSR count). The molecule has 2 fully saturated rings. The van der Waals surface area contributed by atoms with Gasteiger partial charge in [0.25, 0.3) is 4.93 Å². The van der Waals surface area contributed by atoms with Crippen LogP contribution in [0.2, 0.25) is 0 Å². The summed E-state index contributed by atoms with van der Waals surface area (Å²) in [5.41, 5.74) is 4.14. The van der Waals surface area contributed by atoms with E-state index in [0.717, 1.165) is 47.8 Å². The standard InChI is InChI=1S/C58H72O15S/c1-64-50(60)34-22-5-3-4-6-23-35-66-57-58(74(2,62)63,55(51(61)48(36-59)72-57)70-41-47-32-20-11-21-33-47)73-56-54(69-40-46-30-18-10-19-31-46)53(68-39-45-28-16-9-17-29-45)52(67-38-44-26-14-8-15-27-44)49(71-56)42-65-37-43-24-12-7-13-25-43/h7-21,24-33,48-49,51-57,59,61H,3-6,22-23,34-42H2,1-2H3/t48-,49-,51-,52-,53+,54-,55+,56+,57+,58+/m1/s1. The molecular formula is C58H72O15S. The Morgan fingerprint density at radius 3 is 1.49 bits per heavy atom. The average Bonchev–Trinajstić information content (AvgIpc) is 3.42. The summed E-state index contributed by atoms with van der Waals surface area (Å²) >= 11 is 0. The number of aliphatic hydroxyl groups is 2. The topological polar surface area (TPSA) is 184 Å². The first kappa shape index (κ1) is 56.8. The Kier molecular flexibility index (Phi) is 22.6. The first-order valence-corrected chi connectivity index (χ1v) is 27.4. The molecule has 2 aliphatic heterocycles. The zero-order valence-electron chi connectivity index (χ0n) is 42.3. The predicted molar refractivity (Wildman–Crippen MR) is 276 cm³/mol. The lowest BCUT2D eigenvalue weighted by molar-refractivity contribution is -0.392. The van der Waals surface area contributed by atoms with Crippen molar-refractivity contribution in [3.05, 3.63) is 179 Å². The highest BCUT2D eigenvalue weighted by atomic mass is 32.2.